The molecule has 3 N–H and O–H groups in total. The van der Waals surface area contributed by atoms with Crippen LogP contribution < -0.4 is 9.54 Å². The van der Waals surface area contributed by atoms with E-state index in [1.165, 1.54) is 35.2 Å². The highest BCUT2D eigenvalue weighted by atomic mass is 32.1. The first-order valence-corrected chi connectivity index (χ1v) is 12.5. The van der Waals surface area contributed by atoms with Gasteiger partial charge in [-0.2, -0.15) is 5.10 Å². The van der Waals surface area contributed by atoms with Crippen molar-refractivity contribution in [2.24, 2.45) is 10.1 Å². The van der Waals surface area contributed by atoms with Crippen LogP contribution in [0, 0.1) is 0 Å². The number of thiazole rings is 1. The molecular formula is C29H25N3O4S. The third kappa shape index (κ3) is 5.19. The maximum atomic E-state index is 10.2. The molecule has 0 bridgehead atoms. The summed E-state index contributed by atoms with van der Waals surface area (Å²) in [5, 5.41) is 38.5. The van der Waals surface area contributed by atoms with Crippen LogP contribution in [0.5, 0.6) is 23.0 Å². The Morgan fingerprint density at radius 1 is 0.892 bits per heavy atom. The van der Waals surface area contributed by atoms with Gasteiger partial charge in [0.15, 0.2) is 11.5 Å². The molecule has 5 aromatic rings. The zero-order valence-corrected chi connectivity index (χ0v) is 20.9. The van der Waals surface area contributed by atoms with Gasteiger partial charge in [-0.15, -0.1) is 11.3 Å². The molecule has 4 aromatic carbocycles. The molecule has 8 heteroatoms. The summed E-state index contributed by atoms with van der Waals surface area (Å²) in [5.74, 6) is -0.629. The summed E-state index contributed by atoms with van der Waals surface area (Å²) in [6.07, 6.45) is 2.23. The van der Waals surface area contributed by atoms with Crippen molar-refractivity contribution in [2.45, 2.75) is 6.42 Å². The number of hydrogen-bond donors (Lipinski definition) is 3. The Bertz CT molecular complexity index is 1660. The smallest absolute Gasteiger partial charge is 0.206 e. The predicted molar refractivity (Wildman–Crippen MR) is 147 cm³/mol. The van der Waals surface area contributed by atoms with Crippen LogP contribution in [0.2, 0.25) is 0 Å². The van der Waals surface area contributed by atoms with Gasteiger partial charge in [-0.05, 0) is 53.1 Å². The number of aromatic hydroxyl groups is 3. The third-order valence-corrected chi connectivity index (χ3v) is 6.85. The quantitative estimate of drug-likeness (QED) is 0.198. The number of hydrogen-bond acceptors (Lipinski definition) is 7. The van der Waals surface area contributed by atoms with Gasteiger partial charge in [0.05, 0.1) is 19.0 Å². The number of fused-ring (bicyclic) bond motifs is 1. The van der Waals surface area contributed by atoms with Crippen LogP contribution in [-0.4, -0.2) is 39.9 Å². The Balaban J connectivity index is 1.56. The summed E-state index contributed by atoms with van der Waals surface area (Å²) in [7, 11) is 1.65. The van der Waals surface area contributed by atoms with Crippen molar-refractivity contribution in [1.29, 1.82) is 0 Å². The second kappa shape index (κ2) is 10.6. The van der Waals surface area contributed by atoms with Crippen molar-refractivity contribution in [3.05, 3.63) is 100 Å². The predicted octanol–water partition coefficient (Wildman–Crippen LogP) is 5.52. The van der Waals surface area contributed by atoms with E-state index in [1.54, 1.807) is 11.8 Å². The summed E-state index contributed by atoms with van der Waals surface area (Å²) in [5.41, 5.74) is 3.25. The van der Waals surface area contributed by atoms with Crippen molar-refractivity contribution in [1.82, 2.24) is 4.68 Å². The van der Waals surface area contributed by atoms with Gasteiger partial charge in [0.25, 0.3) is 0 Å². The fourth-order valence-corrected chi connectivity index (χ4v) is 4.83. The molecule has 0 radical (unpaired) electrons. The normalized spacial score (nSPS) is 12.0. The lowest BCUT2D eigenvalue weighted by molar-refractivity contribution is 0.367. The Morgan fingerprint density at radius 2 is 1.68 bits per heavy atom. The Hall–Kier alpha value is -4.56. The lowest BCUT2D eigenvalue weighted by Crippen LogP contribution is -2.13. The van der Waals surface area contributed by atoms with Crippen molar-refractivity contribution < 1.29 is 20.1 Å². The van der Waals surface area contributed by atoms with Gasteiger partial charge in [0.2, 0.25) is 10.6 Å². The fraction of sp³-hybridized carbons (Fsp3) is 0.103. The zero-order chi connectivity index (χ0) is 25.8. The number of benzene rings is 4. The number of ether oxygens (including phenoxy) is 1. The topological polar surface area (TPSA) is 99.6 Å². The van der Waals surface area contributed by atoms with Crippen LogP contribution in [0.4, 0.5) is 0 Å². The van der Waals surface area contributed by atoms with Gasteiger partial charge in [-0.1, -0.05) is 48.5 Å². The van der Waals surface area contributed by atoms with E-state index in [0.717, 1.165) is 34.2 Å². The van der Waals surface area contributed by atoms with Gasteiger partial charge in [0, 0.05) is 23.1 Å². The molecule has 0 aliphatic heterocycles. The molecule has 0 amide bonds. The molecule has 0 aliphatic rings. The molecular weight excluding hydrogens is 486 g/mol. The Labute approximate surface area is 217 Å². The van der Waals surface area contributed by atoms with Crippen molar-refractivity contribution in [2.75, 3.05) is 13.7 Å². The highest BCUT2D eigenvalue weighted by Gasteiger charge is 2.12. The van der Waals surface area contributed by atoms with Crippen LogP contribution in [0.25, 0.3) is 22.0 Å². The summed E-state index contributed by atoms with van der Waals surface area (Å²) < 4.78 is 7.07. The minimum absolute atomic E-state index is 0.265. The highest BCUT2D eigenvalue weighted by molar-refractivity contribution is 7.07. The molecule has 186 valence electrons. The average molecular weight is 512 g/mol. The highest BCUT2D eigenvalue weighted by Crippen LogP contribution is 2.36. The molecule has 37 heavy (non-hydrogen) atoms. The summed E-state index contributed by atoms with van der Waals surface area (Å²) in [6, 6.07) is 25.0. The Kier molecular flexibility index (Phi) is 6.91. The van der Waals surface area contributed by atoms with E-state index in [9.17, 15) is 15.3 Å². The molecule has 7 nitrogen and oxygen atoms in total. The minimum atomic E-state index is -0.586. The standard InChI is InChI=1S/C29H25N3O4S/c1-36-24-11-9-20-15-22(8-7-21(20)16-24)25-18-37-29(30-14-13-19-5-3-2-4-6-19)32(25)31-17-23-10-12-26(33)28(35)27(23)34/h2-12,15-18,33-35H,13-14H2,1H3. The van der Waals surface area contributed by atoms with Crippen LogP contribution >= 0.6 is 11.3 Å². The fourth-order valence-electron chi connectivity index (χ4n) is 3.96. The van der Waals surface area contributed by atoms with Gasteiger partial charge >= 0.3 is 0 Å². The maximum absolute atomic E-state index is 10.2. The molecule has 1 aromatic heterocycles. The summed E-state index contributed by atoms with van der Waals surface area (Å²) in [6.45, 7) is 0.586. The van der Waals surface area contributed by atoms with Crippen molar-refractivity contribution >= 4 is 28.3 Å². The number of rotatable bonds is 7. The van der Waals surface area contributed by atoms with Crippen LogP contribution in [0.1, 0.15) is 11.1 Å². The molecule has 0 atom stereocenters. The van der Waals surface area contributed by atoms with Crippen molar-refractivity contribution in [3.63, 3.8) is 0 Å². The van der Waals surface area contributed by atoms with Gasteiger partial charge < -0.3 is 20.1 Å². The van der Waals surface area contributed by atoms with E-state index in [4.69, 9.17) is 9.73 Å². The second-order valence-electron chi connectivity index (χ2n) is 8.38. The van der Waals surface area contributed by atoms with Crippen LogP contribution in [0.3, 0.4) is 0 Å². The van der Waals surface area contributed by atoms with E-state index < -0.39 is 17.2 Å². The van der Waals surface area contributed by atoms with Gasteiger partial charge in [-0.3, -0.25) is 4.99 Å². The second-order valence-corrected chi connectivity index (χ2v) is 9.21. The lowest BCUT2D eigenvalue weighted by atomic mass is 10.1. The van der Waals surface area contributed by atoms with E-state index in [1.807, 2.05) is 53.9 Å². The zero-order valence-electron chi connectivity index (χ0n) is 20.1. The molecule has 5 rings (SSSR count). The van der Waals surface area contributed by atoms with E-state index in [-0.39, 0.29) is 5.56 Å². The monoisotopic (exact) mass is 511 g/mol. The van der Waals surface area contributed by atoms with Crippen molar-refractivity contribution in [3.8, 4) is 34.3 Å². The largest absolute Gasteiger partial charge is 0.504 e. The van der Waals surface area contributed by atoms with Crippen LogP contribution in [-0.2, 0) is 6.42 Å². The van der Waals surface area contributed by atoms with Crippen LogP contribution in [0.15, 0.2) is 94.3 Å². The number of phenolic OH excluding ortho intramolecular Hbond substituents is 3. The SMILES string of the molecule is COc1ccc2cc(-c3csc(=NCCc4ccccc4)n3N=Cc3ccc(O)c(O)c3O)ccc2c1. The lowest BCUT2D eigenvalue weighted by Gasteiger charge is -2.08. The number of nitrogens with zero attached hydrogens (tertiary/aromatic N) is 3. The average Bonchev–Trinajstić information content (AvgIpc) is 3.34. The number of aromatic nitrogens is 1. The molecule has 0 aliphatic carbocycles. The molecule has 0 fully saturated rings. The van der Waals surface area contributed by atoms with E-state index in [0.29, 0.717) is 11.3 Å². The van der Waals surface area contributed by atoms with E-state index >= 15 is 0 Å². The van der Waals surface area contributed by atoms with E-state index in [2.05, 4.69) is 23.3 Å². The third-order valence-electron chi connectivity index (χ3n) is 5.99. The first-order chi connectivity index (χ1) is 18.0. The Morgan fingerprint density at radius 3 is 2.49 bits per heavy atom. The molecule has 0 spiro atoms. The molecule has 1 heterocycles. The summed E-state index contributed by atoms with van der Waals surface area (Å²) in [4.78, 5) is 5.49. The molecule has 0 saturated carbocycles. The van der Waals surface area contributed by atoms with Gasteiger partial charge in [0.1, 0.15) is 5.75 Å². The minimum Gasteiger partial charge on any atom is -0.504 e. The molecule has 0 unspecified atom stereocenters. The maximum Gasteiger partial charge on any atom is 0.206 e. The summed E-state index contributed by atoms with van der Waals surface area (Å²) >= 11 is 1.47. The molecule has 0 saturated heterocycles. The number of methoxy groups -OCH3 is 1. The number of phenols is 3. The first kappa shape index (κ1) is 24.1. The first-order valence-electron chi connectivity index (χ1n) is 11.6. The van der Waals surface area contributed by atoms with Gasteiger partial charge in [-0.25, -0.2) is 4.68 Å².